The number of aliphatic hydroxyl groups excluding tert-OH is 2. The third-order valence-electron chi connectivity index (χ3n) is 4.37. The molecule has 2 N–H and O–H groups in total. The zero-order valence-electron chi connectivity index (χ0n) is 10.9. The van der Waals surface area contributed by atoms with E-state index in [4.69, 9.17) is 5.11 Å². The van der Waals surface area contributed by atoms with Gasteiger partial charge in [0.25, 0.3) is 0 Å². The average Bonchev–Trinajstić information content (AvgIpc) is 2.24. The Morgan fingerprint density at radius 2 is 1.24 bits per heavy atom. The zero-order chi connectivity index (χ0) is 12.1. The largest absolute Gasteiger partial charge is 0.393 e. The Bertz CT molecular complexity index is 206. The molecule has 0 amide bonds. The van der Waals surface area contributed by atoms with E-state index >= 15 is 0 Å². The van der Waals surface area contributed by atoms with Crippen molar-refractivity contribution in [2.24, 2.45) is 5.92 Å². The topological polar surface area (TPSA) is 43.7 Å². The van der Waals surface area contributed by atoms with Gasteiger partial charge in [-0.15, -0.1) is 0 Å². The van der Waals surface area contributed by atoms with E-state index in [-0.39, 0.29) is 12.2 Å². The molecule has 0 unspecified atom stereocenters. The summed E-state index contributed by atoms with van der Waals surface area (Å²) in [6.07, 6.45) is 9.69. The highest BCUT2D eigenvalue weighted by molar-refractivity contribution is 4.77. The Hall–Kier alpha value is -0.120. The van der Waals surface area contributed by atoms with E-state index in [1.807, 2.05) is 0 Å². The second kappa shape index (κ2) is 6.72. The maximum atomic E-state index is 9.31. The summed E-state index contributed by atoms with van der Waals surface area (Å²) in [6, 6.07) is 0. The summed E-state index contributed by atoms with van der Waals surface area (Å²) in [7, 11) is 0. The van der Waals surface area contributed by atoms with E-state index < -0.39 is 0 Å². The molecule has 3 aliphatic rings. The number of hydrogen-bond donors (Lipinski definition) is 2. The van der Waals surface area contributed by atoms with Crippen molar-refractivity contribution >= 4 is 0 Å². The summed E-state index contributed by atoms with van der Waals surface area (Å²) >= 11 is 0. The molecule has 0 atom stereocenters. The van der Waals surface area contributed by atoms with Crippen molar-refractivity contribution in [2.45, 2.75) is 63.6 Å². The van der Waals surface area contributed by atoms with E-state index in [1.54, 1.807) is 0 Å². The van der Waals surface area contributed by atoms with E-state index in [0.29, 0.717) is 0 Å². The quantitative estimate of drug-likeness (QED) is 0.774. The van der Waals surface area contributed by atoms with Crippen LogP contribution in [0.5, 0.6) is 0 Å². The van der Waals surface area contributed by atoms with Gasteiger partial charge in [-0.2, -0.15) is 0 Å². The molecule has 3 rings (SSSR count). The first kappa shape index (κ1) is 13.3. The Morgan fingerprint density at radius 3 is 1.59 bits per heavy atom. The molecule has 1 aliphatic heterocycles. The molecule has 100 valence electrons. The van der Waals surface area contributed by atoms with Gasteiger partial charge in [0.15, 0.2) is 0 Å². The Labute approximate surface area is 105 Å². The second-order valence-corrected chi connectivity index (χ2v) is 5.91. The molecule has 2 saturated carbocycles. The average molecular weight is 241 g/mol. The molecule has 3 heteroatoms. The lowest BCUT2D eigenvalue weighted by Gasteiger charge is -2.35. The Kier molecular flexibility index (Phi) is 5.26. The van der Waals surface area contributed by atoms with Gasteiger partial charge in [-0.3, -0.25) is 0 Å². The molecule has 0 spiro atoms. The molecule has 3 fully saturated rings. The van der Waals surface area contributed by atoms with Gasteiger partial charge in [0.05, 0.1) is 12.2 Å². The fourth-order valence-electron chi connectivity index (χ4n) is 2.53. The van der Waals surface area contributed by atoms with Crippen molar-refractivity contribution in [2.75, 3.05) is 19.6 Å². The van der Waals surface area contributed by atoms with Crippen LogP contribution < -0.4 is 0 Å². The maximum Gasteiger partial charge on any atom is 0.0564 e. The minimum Gasteiger partial charge on any atom is -0.393 e. The Balaban J connectivity index is 0.000000181. The molecule has 0 bridgehead atoms. The van der Waals surface area contributed by atoms with Crippen molar-refractivity contribution in [1.82, 2.24) is 4.90 Å². The third-order valence-corrected chi connectivity index (χ3v) is 4.37. The van der Waals surface area contributed by atoms with Crippen LogP contribution in [0.1, 0.15) is 51.4 Å². The molecule has 17 heavy (non-hydrogen) atoms. The molecule has 2 aliphatic carbocycles. The lowest BCUT2D eigenvalue weighted by molar-refractivity contribution is 0.0662. The molecule has 0 aromatic heterocycles. The number of nitrogens with zero attached hydrogens (tertiary/aromatic N) is 1. The fraction of sp³-hybridized carbons (Fsp3) is 1.00. The summed E-state index contributed by atoms with van der Waals surface area (Å²) in [6.45, 7) is 3.54. The van der Waals surface area contributed by atoms with Crippen molar-refractivity contribution < 1.29 is 10.2 Å². The molecule has 0 aromatic carbocycles. The second-order valence-electron chi connectivity index (χ2n) is 5.91. The first-order valence-electron chi connectivity index (χ1n) is 7.32. The number of piperidine rings is 1. The SMILES string of the molecule is OC1CCC1.OC1CCN(CC2CCC2)CC1. The van der Waals surface area contributed by atoms with Crippen LogP contribution in [0.25, 0.3) is 0 Å². The van der Waals surface area contributed by atoms with Gasteiger partial charge in [-0.1, -0.05) is 6.42 Å². The van der Waals surface area contributed by atoms with Gasteiger partial charge in [0, 0.05) is 19.6 Å². The van der Waals surface area contributed by atoms with Crippen molar-refractivity contribution in [3.05, 3.63) is 0 Å². The standard InChI is InChI=1S/C10H19NO.C4H8O/c12-10-4-6-11(7-5-10)8-9-2-1-3-9;5-4-2-1-3-4/h9-10,12H,1-8H2;4-5H,1-3H2. The Morgan fingerprint density at radius 1 is 0.765 bits per heavy atom. The van der Waals surface area contributed by atoms with Crippen molar-refractivity contribution in [3.63, 3.8) is 0 Å². The van der Waals surface area contributed by atoms with E-state index in [2.05, 4.69) is 4.90 Å². The van der Waals surface area contributed by atoms with Crippen LogP contribution >= 0.6 is 0 Å². The predicted molar refractivity (Wildman–Crippen MR) is 68.9 cm³/mol. The number of aliphatic hydroxyl groups is 2. The number of hydrogen-bond acceptors (Lipinski definition) is 3. The van der Waals surface area contributed by atoms with Crippen LogP contribution in [0.3, 0.4) is 0 Å². The number of rotatable bonds is 2. The lowest BCUT2D eigenvalue weighted by atomic mass is 9.85. The summed E-state index contributed by atoms with van der Waals surface area (Å²) in [5.74, 6) is 0.986. The smallest absolute Gasteiger partial charge is 0.0564 e. The molecule has 0 radical (unpaired) electrons. The molecule has 0 aromatic rings. The summed E-state index contributed by atoms with van der Waals surface area (Å²) in [5.41, 5.74) is 0. The molecule has 3 nitrogen and oxygen atoms in total. The number of likely N-dealkylation sites (tertiary alicyclic amines) is 1. The lowest BCUT2D eigenvalue weighted by Crippen LogP contribution is -2.40. The van der Waals surface area contributed by atoms with Gasteiger partial charge in [0.1, 0.15) is 0 Å². The normalized spacial score (nSPS) is 27.9. The van der Waals surface area contributed by atoms with Crippen LogP contribution in [0.4, 0.5) is 0 Å². The first-order chi connectivity index (χ1) is 8.24. The van der Waals surface area contributed by atoms with Crippen LogP contribution in [-0.2, 0) is 0 Å². The minimum atomic E-state index is -0.0114. The van der Waals surface area contributed by atoms with Gasteiger partial charge in [-0.25, -0.2) is 0 Å². The molecule has 1 saturated heterocycles. The summed E-state index contributed by atoms with van der Waals surface area (Å²) < 4.78 is 0. The van der Waals surface area contributed by atoms with Crippen LogP contribution in [-0.4, -0.2) is 47.0 Å². The highest BCUT2D eigenvalue weighted by Crippen LogP contribution is 2.27. The maximum absolute atomic E-state index is 9.31. The molecular weight excluding hydrogens is 214 g/mol. The monoisotopic (exact) mass is 241 g/mol. The summed E-state index contributed by atoms with van der Waals surface area (Å²) in [5, 5.41) is 17.8. The molecular formula is C14H27NO2. The first-order valence-corrected chi connectivity index (χ1v) is 7.32. The van der Waals surface area contributed by atoms with E-state index in [1.165, 1.54) is 32.2 Å². The van der Waals surface area contributed by atoms with Crippen LogP contribution in [0.15, 0.2) is 0 Å². The summed E-state index contributed by atoms with van der Waals surface area (Å²) in [4.78, 5) is 2.52. The zero-order valence-corrected chi connectivity index (χ0v) is 10.9. The third kappa shape index (κ3) is 4.57. The highest BCUT2D eigenvalue weighted by atomic mass is 16.3. The van der Waals surface area contributed by atoms with Crippen molar-refractivity contribution in [3.8, 4) is 0 Å². The van der Waals surface area contributed by atoms with E-state index in [9.17, 15) is 5.11 Å². The predicted octanol–water partition coefficient (Wildman–Crippen LogP) is 1.77. The van der Waals surface area contributed by atoms with Gasteiger partial charge in [-0.05, 0) is 50.9 Å². The van der Waals surface area contributed by atoms with Gasteiger partial charge >= 0.3 is 0 Å². The van der Waals surface area contributed by atoms with E-state index in [0.717, 1.165) is 44.7 Å². The van der Waals surface area contributed by atoms with Gasteiger partial charge in [0.2, 0.25) is 0 Å². The fourth-order valence-corrected chi connectivity index (χ4v) is 2.53. The van der Waals surface area contributed by atoms with Crippen LogP contribution in [0.2, 0.25) is 0 Å². The van der Waals surface area contributed by atoms with Crippen molar-refractivity contribution in [1.29, 1.82) is 0 Å². The minimum absolute atomic E-state index is 0.0114. The highest BCUT2D eigenvalue weighted by Gasteiger charge is 2.23. The molecule has 1 heterocycles. The van der Waals surface area contributed by atoms with Crippen LogP contribution in [0, 0.1) is 5.92 Å². The van der Waals surface area contributed by atoms with Gasteiger partial charge < -0.3 is 15.1 Å².